The third-order valence-corrected chi connectivity index (χ3v) is 4.44. The molecule has 0 spiro atoms. The van der Waals surface area contributed by atoms with E-state index >= 15 is 0 Å². The second-order valence-corrected chi connectivity index (χ2v) is 6.40. The summed E-state index contributed by atoms with van der Waals surface area (Å²) in [5.41, 5.74) is 1.82. The normalized spacial score (nSPS) is 14.4. The topological polar surface area (TPSA) is 74.3 Å². The second kappa shape index (κ2) is 7.21. The molecule has 1 unspecified atom stereocenters. The number of hydrogen-bond donors (Lipinski definition) is 2. The molecule has 1 aliphatic heterocycles. The number of hydrogen-bond acceptors (Lipinski definition) is 4. The van der Waals surface area contributed by atoms with Gasteiger partial charge in [0.1, 0.15) is 11.6 Å². The number of likely N-dealkylation sites (N-methyl/N-ethyl adjacent to an activating group) is 1. The lowest BCUT2D eigenvalue weighted by atomic mass is 10.2. The van der Waals surface area contributed by atoms with Crippen LogP contribution in [0.1, 0.15) is 18.1 Å². The monoisotopic (exact) mass is 358 g/mol. The largest absolute Gasteiger partial charge is 0.309 e. The number of nitrogens with one attached hydrogen (secondary N) is 2. The van der Waals surface area contributed by atoms with Crippen LogP contribution in [0.15, 0.2) is 36.4 Å². The molecule has 1 aromatic carbocycles. The van der Waals surface area contributed by atoms with Crippen molar-refractivity contribution in [2.75, 3.05) is 17.3 Å². The van der Waals surface area contributed by atoms with Gasteiger partial charge in [0, 0.05) is 10.6 Å². The number of carbonyl (C=O) groups is 2. The Morgan fingerprint density at radius 1 is 1.28 bits per heavy atom. The van der Waals surface area contributed by atoms with Gasteiger partial charge in [0.25, 0.3) is 0 Å². The van der Waals surface area contributed by atoms with E-state index < -0.39 is 0 Å². The highest BCUT2D eigenvalue weighted by Crippen LogP contribution is 2.30. The molecule has 2 aromatic rings. The lowest BCUT2D eigenvalue weighted by Gasteiger charge is -2.18. The highest BCUT2D eigenvalue weighted by atomic mass is 35.5. The summed E-state index contributed by atoms with van der Waals surface area (Å²) in [4.78, 5) is 30.5. The molecule has 7 heteroatoms. The van der Waals surface area contributed by atoms with Crippen molar-refractivity contribution < 1.29 is 9.59 Å². The maximum absolute atomic E-state index is 12.4. The molecule has 2 amide bonds. The van der Waals surface area contributed by atoms with Gasteiger partial charge in [-0.05, 0) is 37.7 Å². The molecule has 2 heterocycles. The van der Waals surface area contributed by atoms with Gasteiger partial charge in [-0.25, -0.2) is 4.98 Å². The molecule has 0 saturated heterocycles. The number of halogens is 1. The molecule has 130 valence electrons. The number of fused-ring (bicyclic) bond motifs is 1. The van der Waals surface area contributed by atoms with Crippen LogP contribution in [-0.2, 0) is 22.6 Å². The maximum atomic E-state index is 12.4. The molecule has 1 aromatic heterocycles. The van der Waals surface area contributed by atoms with E-state index in [2.05, 4.69) is 15.6 Å². The number of anilines is 2. The number of nitrogens with zero attached hydrogens (tertiary/aromatic N) is 2. The average molecular weight is 359 g/mol. The Morgan fingerprint density at radius 3 is 2.68 bits per heavy atom. The lowest BCUT2D eigenvalue weighted by molar-refractivity contribution is -0.118. The van der Waals surface area contributed by atoms with Crippen molar-refractivity contribution in [3.63, 3.8) is 0 Å². The zero-order chi connectivity index (χ0) is 18.0. The molecule has 6 nitrogen and oxygen atoms in total. The van der Waals surface area contributed by atoms with Crippen molar-refractivity contribution in [3.05, 3.63) is 52.5 Å². The summed E-state index contributed by atoms with van der Waals surface area (Å²) in [5, 5.41) is 6.29. The molecule has 0 radical (unpaired) electrons. The minimum atomic E-state index is -0.332. The number of amides is 2. The number of benzene rings is 1. The maximum Gasteiger partial charge on any atom is 0.242 e. The van der Waals surface area contributed by atoms with Crippen LogP contribution in [0, 0.1) is 0 Å². The smallest absolute Gasteiger partial charge is 0.242 e. The Bertz CT molecular complexity index is 807. The van der Waals surface area contributed by atoms with E-state index in [9.17, 15) is 9.59 Å². The summed E-state index contributed by atoms with van der Waals surface area (Å²) in [7, 11) is 1.72. The molecular formula is C18H19ClN4O2. The molecule has 25 heavy (non-hydrogen) atoms. The Kier molecular flexibility index (Phi) is 5.01. The fraction of sp³-hybridized carbons (Fsp3) is 0.278. The summed E-state index contributed by atoms with van der Waals surface area (Å²) >= 11 is 5.91. The second-order valence-electron chi connectivity index (χ2n) is 5.96. The molecule has 0 saturated carbocycles. The average Bonchev–Trinajstić information content (AvgIpc) is 2.91. The van der Waals surface area contributed by atoms with Gasteiger partial charge in [-0.2, -0.15) is 0 Å². The van der Waals surface area contributed by atoms with Gasteiger partial charge in [-0.15, -0.1) is 0 Å². The molecule has 0 fully saturated rings. The molecular weight excluding hydrogens is 340 g/mol. The van der Waals surface area contributed by atoms with Crippen LogP contribution in [0.25, 0.3) is 0 Å². The number of carbonyl (C=O) groups excluding carboxylic acids is 2. The van der Waals surface area contributed by atoms with E-state index in [0.29, 0.717) is 29.6 Å². The summed E-state index contributed by atoms with van der Waals surface area (Å²) < 4.78 is 0. The third kappa shape index (κ3) is 3.81. The summed E-state index contributed by atoms with van der Waals surface area (Å²) in [6.45, 7) is 2.18. The molecule has 1 aliphatic rings. The Morgan fingerprint density at radius 2 is 2.00 bits per heavy atom. The highest BCUT2D eigenvalue weighted by Gasteiger charge is 2.29. The quantitative estimate of drug-likeness (QED) is 0.860. The predicted molar refractivity (Wildman–Crippen MR) is 97.7 cm³/mol. The predicted octanol–water partition coefficient (Wildman–Crippen LogP) is 2.37. The molecule has 0 bridgehead atoms. The van der Waals surface area contributed by atoms with E-state index in [1.165, 1.54) is 0 Å². The van der Waals surface area contributed by atoms with Crippen molar-refractivity contribution in [1.82, 2.24) is 10.3 Å². The van der Waals surface area contributed by atoms with Crippen molar-refractivity contribution in [2.24, 2.45) is 0 Å². The zero-order valence-corrected chi connectivity index (χ0v) is 14.8. The number of rotatable bonds is 5. The first kappa shape index (κ1) is 17.4. The van der Waals surface area contributed by atoms with Gasteiger partial charge < -0.3 is 10.6 Å². The Labute approximate surface area is 151 Å². The van der Waals surface area contributed by atoms with Gasteiger partial charge in [0.05, 0.1) is 19.0 Å². The first-order valence-corrected chi connectivity index (χ1v) is 8.38. The van der Waals surface area contributed by atoms with Gasteiger partial charge in [0.2, 0.25) is 11.8 Å². The SMILES string of the molecule is CNC(C)C(=O)Nc1ccc2c(n1)N(Cc1ccc(Cl)cc1)C(=O)C2. The third-order valence-electron chi connectivity index (χ3n) is 4.19. The number of pyridine rings is 1. The van der Waals surface area contributed by atoms with Crippen LogP contribution in [0.5, 0.6) is 0 Å². The van der Waals surface area contributed by atoms with E-state index in [4.69, 9.17) is 11.6 Å². The van der Waals surface area contributed by atoms with Crippen LogP contribution in [0.4, 0.5) is 11.6 Å². The van der Waals surface area contributed by atoms with Crippen molar-refractivity contribution in [1.29, 1.82) is 0 Å². The number of aromatic nitrogens is 1. The fourth-order valence-corrected chi connectivity index (χ4v) is 2.72. The summed E-state index contributed by atoms with van der Waals surface area (Å²) in [6, 6.07) is 10.6. The van der Waals surface area contributed by atoms with Gasteiger partial charge in [-0.1, -0.05) is 29.8 Å². The van der Waals surface area contributed by atoms with E-state index in [-0.39, 0.29) is 17.9 Å². The Balaban J connectivity index is 1.82. The highest BCUT2D eigenvalue weighted by molar-refractivity contribution is 6.30. The van der Waals surface area contributed by atoms with Crippen LogP contribution >= 0.6 is 11.6 Å². The minimum absolute atomic E-state index is 0.00970. The van der Waals surface area contributed by atoms with Gasteiger partial charge >= 0.3 is 0 Å². The zero-order valence-electron chi connectivity index (χ0n) is 14.0. The van der Waals surface area contributed by atoms with E-state index in [1.54, 1.807) is 37.1 Å². The first-order valence-electron chi connectivity index (χ1n) is 8.01. The van der Waals surface area contributed by atoms with Gasteiger partial charge in [0.15, 0.2) is 0 Å². The van der Waals surface area contributed by atoms with Crippen molar-refractivity contribution >= 4 is 35.1 Å². The van der Waals surface area contributed by atoms with E-state index in [1.807, 2.05) is 18.2 Å². The molecule has 2 N–H and O–H groups in total. The summed E-state index contributed by atoms with van der Waals surface area (Å²) in [6.07, 6.45) is 0.317. The van der Waals surface area contributed by atoms with Crippen LogP contribution in [0.3, 0.4) is 0 Å². The minimum Gasteiger partial charge on any atom is -0.309 e. The molecule has 1 atom stereocenters. The first-order chi connectivity index (χ1) is 12.0. The van der Waals surface area contributed by atoms with Crippen molar-refractivity contribution in [2.45, 2.75) is 25.9 Å². The molecule has 0 aliphatic carbocycles. The van der Waals surface area contributed by atoms with Crippen LogP contribution < -0.4 is 15.5 Å². The van der Waals surface area contributed by atoms with E-state index in [0.717, 1.165) is 11.1 Å². The standard InChI is InChI=1S/C18H19ClN4O2/c1-11(20-2)18(25)22-15-8-5-13-9-16(24)23(17(13)21-15)10-12-3-6-14(19)7-4-12/h3-8,11,20H,9-10H2,1-2H3,(H,21,22,25). The molecule has 3 rings (SSSR count). The van der Waals surface area contributed by atoms with Gasteiger partial charge in [-0.3, -0.25) is 14.5 Å². The van der Waals surface area contributed by atoms with Crippen LogP contribution in [-0.4, -0.2) is 29.9 Å². The van der Waals surface area contributed by atoms with Crippen LogP contribution in [0.2, 0.25) is 5.02 Å². The lowest BCUT2D eigenvalue weighted by Crippen LogP contribution is -2.35. The Hall–Kier alpha value is -2.44. The fourth-order valence-electron chi connectivity index (χ4n) is 2.60. The van der Waals surface area contributed by atoms with Crippen molar-refractivity contribution in [3.8, 4) is 0 Å². The summed E-state index contributed by atoms with van der Waals surface area (Å²) in [5.74, 6) is 0.838.